The van der Waals surface area contributed by atoms with Gasteiger partial charge < -0.3 is 10.3 Å². The van der Waals surface area contributed by atoms with Crippen molar-refractivity contribution >= 4 is 20.7 Å². The second-order valence-corrected chi connectivity index (χ2v) is 6.79. The van der Waals surface area contributed by atoms with Gasteiger partial charge in [-0.2, -0.15) is 0 Å². The number of hydrogen-bond acceptors (Lipinski definition) is 3. The molecule has 0 bridgehead atoms. The van der Waals surface area contributed by atoms with Gasteiger partial charge in [-0.25, -0.2) is 8.42 Å². The fourth-order valence-corrected chi connectivity index (χ4v) is 2.66. The SMILES string of the molecule is CS(=O)(=O)CCn1cc(CCN)c2ccccc21. The number of fused-ring (bicyclic) bond motifs is 1. The van der Waals surface area contributed by atoms with Gasteiger partial charge in [0.2, 0.25) is 0 Å². The minimum Gasteiger partial charge on any atom is -0.346 e. The van der Waals surface area contributed by atoms with Crippen LogP contribution in [0.3, 0.4) is 0 Å². The molecule has 18 heavy (non-hydrogen) atoms. The Balaban J connectivity index is 2.38. The summed E-state index contributed by atoms with van der Waals surface area (Å²) in [4.78, 5) is 0. The fraction of sp³-hybridized carbons (Fsp3) is 0.385. The Kier molecular flexibility index (Phi) is 3.73. The lowest BCUT2D eigenvalue weighted by molar-refractivity contribution is 0.596. The zero-order chi connectivity index (χ0) is 13.2. The second kappa shape index (κ2) is 5.12. The molecular formula is C13H18N2O2S. The quantitative estimate of drug-likeness (QED) is 0.884. The molecule has 0 aliphatic rings. The predicted octanol–water partition coefficient (Wildman–Crippen LogP) is 1.19. The Morgan fingerprint density at radius 1 is 1.28 bits per heavy atom. The van der Waals surface area contributed by atoms with Gasteiger partial charge in [0.15, 0.2) is 0 Å². The van der Waals surface area contributed by atoms with Crippen LogP contribution in [0.15, 0.2) is 30.5 Å². The number of sulfone groups is 1. The molecule has 0 saturated heterocycles. The summed E-state index contributed by atoms with van der Waals surface area (Å²) < 4.78 is 24.5. The van der Waals surface area contributed by atoms with Crippen molar-refractivity contribution < 1.29 is 8.42 Å². The van der Waals surface area contributed by atoms with E-state index in [2.05, 4.69) is 6.07 Å². The number of aryl methyl sites for hydroxylation is 1. The fourth-order valence-electron chi connectivity index (χ4n) is 2.13. The Bertz CT molecular complexity index is 644. The van der Waals surface area contributed by atoms with Crippen LogP contribution >= 0.6 is 0 Å². The molecule has 0 amide bonds. The Morgan fingerprint density at radius 2 is 2.00 bits per heavy atom. The number of benzene rings is 1. The number of nitrogens with two attached hydrogens (primary N) is 1. The zero-order valence-electron chi connectivity index (χ0n) is 10.5. The van der Waals surface area contributed by atoms with Gasteiger partial charge in [-0.15, -0.1) is 0 Å². The van der Waals surface area contributed by atoms with Gasteiger partial charge in [-0.3, -0.25) is 0 Å². The van der Waals surface area contributed by atoms with E-state index in [0.717, 1.165) is 17.3 Å². The number of aromatic nitrogens is 1. The van der Waals surface area contributed by atoms with Gasteiger partial charge in [0.1, 0.15) is 9.84 Å². The standard InChI is InChI=1S/C13H18N2O2S/c1-18(16,17)9-8-15-10-11(6-7-14)12-4-2-3-5-13(12)15/h2-5,10H,6-9,14H2,1H3. The zero-order valence-corrected chi connectivity index (χ0v) is 11.3. The third-order valence-electron chi connectivity index (χ3n) is 2.99. The lowest BCUT2D eigenvalue weighted by Crippen LogP contribution is -2.10. The molecule has 0 aliphatic heterocycles. The summed E-state index contributed by atoms with van der Waals surface area (Å²) in [5.41, 5.74) is 7.85. The number of hydrogen-bond donors (Lipinski definition) is 1. The minimum absolute atomic E-state index is 0.160. The van der Waals surface area contributed by atoms with Crippen LogP contribution in [-0.2, 0) is 22.8 Å². The van der Waals surface area contributed by atoms with Crippen molar-refractivity contribution in [3.63, 3.8) is 0 Å². The highest BCUT2D eigenvalue weighted by molar-refractivity contribution is 7.90. The molecule has 0 unspecified atom stereocenters. The van der Waals surface area contributed by atoms with Crippen molar-refractivity contribution in [1.82, 2.24) is 4.57 Å². The van der Waals surface area contributed by atoms with Crippen LogP contribution in [0.25, 0.3) is 10.9 Å². The molecule has 5 heteroatoms. The molecule has 2 aromatic rings. The van der Waals surface area contributed by atoms with Gasteiger partial charge in [-0.05, 0) is 24.6 Å². The summed E-state index contributed by atoms with van der Waals surface area (Å²) in [6, 6.07) is 8.02. The first-order valence-corrected chi connectivity index (χ1v) is 8.02. The monoisotopic (exact) mass is 266 g/mol. The topological polar surface area (TPSA) is 65.1 Å². The van der Waals surface area contributed by atoms with E-state index in [0.29, 0.717) is 13.1 Å². The average molecular weight is 266 g/mol. The minimum atomic E-state index is -2.94. The Labute approximate surface area is 107 Å². The molecule has 1 aromatic heterocycles. The van der Waals surface area contributed by atoms with Crippen molar-refractivity contribution in [2.24, 2.45) is 5.73 Å². The number of nitrogens with zero attached hydrogens (tertiary/aromatic N) is 1. The number of para-hydroxylation sites is 1. The molecule has 0 aliphatic carbocycles. The molecule has 2 rings (SSSR count). The smallest absolute Gasteiger partial charge is 0.149 e. The molecule has 0 atom stereocenters. The van der Waals surface area contributed by atoms with Crippen molar-refractivity contribution in [2.75, 3.05) is 18.6 Å². The van der Waals surface area contributed by atoms with Crippen LogP contribution < -0.4 is 5.73 Å². The van der Waals surface area contributed by atoms with Crippen LogP contribution in [0.5, 0.6) is 0 Å². The first-order valence-electron chi connectivity index (χ1n) is 5.96. The van der Waals surface area contributed by atoms with Crippen LogP contribution in [0.2, 0.25) is 0 Å². The third-order valence-corrected chi connectivity index (χ3v) is 3.91. The lowest BCUT2D eigenvalue weighted by atomic mass is 10.1. The van der Waals surface area contributed by atoms with E-state index in [1.807, 2.05) is 29.0 Å². The summed E-state index contributed by atoms with van der Waals surface area (Å²) in [6.45, 7) is 1.09. The largest absolute Gasteiger partial charge is 0.346 e. The van der Waals surface area contributed by atoms with Crippen molar-refractivity contribution in [2.45, 2.75) is 13.0 Å². The molecule has 1 aromatic carbocycles. The van der Waals surface area contributed by atoms with Gasteiger partial charge in [0.25, 0.3) is 0 Å². The predicted molar refractivity (Wildman–Crippen MR) is 74.4 cm³/mol. The second-order valence-electron chi connectivity index (χ2n) is 4.53. The van der Waals surface area contributed by atoms with Crippen LogP contribution in [0.4, 0.5) is 0 Å². The summed E-state index contributed by atoms with van der Waals surface area (Å²) in [7, 11) is -2.94. The van der Waals surface area contributed by atoms with E-state index in [1.54, 1.807) is 0 Å². The molecule has 1 heterocycles. The van der Waals surface area contributed by atoms with Crippen LogP contribution in [-0.4, -0.2) is 31.5 Å². The first kappa shape index (κ1) is 13.1. The molecule has 0 fully saturated rings. The Hall–Kier alpha value is -1.33. The summed E-state index contributed by atoms with van der Waals surface area (Å²) in [5.74, 6) is 0.160. The summed E-state index contributed by atoms with van der Waals surface area (Å²) in [5, 5.41) is 1.16. The molecule has 0 saturated carbocycles. The summed E-state index contributed by atoms with van der Waals surface area (Å²) in [6.07, 6.45) is 4.09. The first-order chi connectivity index (χ1) is 8.51. The van der Waals surface area contributed by atoms with E-state index in [4.69, 9.17) is 5.73 Å². The van der Waals surface area contributed by atoms with E-state index in [1.165, 1.54) is 11.8 Å². The van der Waals surface area contributed by atoms with Gasteiger partial charge in [0, 0.05) is 29.9 Å². The number of rotatable bonds is 5. The van der Waals surface area contributed by atoms with E-state index in [-0.39, 0.29) is 5.75 Å². The summed E-state index contributed by atoms with van der Waals surface area (Å²) >= 11 is 0. The molecular weight excluding hydrogens is 248 g/mol. The van der Waals surface area contributed by atoms with Crippen LogP contribution in [0.1, 0.15) is 5.56 Å². The van der Waals surface area contributed by atoms with E-state index in [9.17, 15) is 8.42 Å². The van der Waals surface area contributed by atoms with Gasteiger partial charge in [-0.1, -0.05) is 18.2 Å². The van der Waals surface area contributed by atoms with E-state index >= 15 is 0 Å². The van der Waals surface area contributed by atoms with Crippen molar-refractivity contribution in [3.05, 3.63) is 36.0 Å². The van der Waals surface area contributed by atoms with Gasteiger partial charge >= 0.3 is 0 Å². The maximum atomic E-state index is 11.2. The lowest BCUT2D eigenvalue weighted by Gasteiger charge is -2.03. The van der Waals surface area contributed by atoms with Gasteiger partial charge in [0.05, 0.1) is 5.75 Å². The molecule has 2 N–H and O–H groups in total. The highest BCUT2D eigenvalue weighted by Gasteiger charge is 2.09. The normalized spacial score (nSPS) is 12.1. The highest BCUT2D eigenvalue weighted by Crippen LogP contribution is 2.21. The van der Waals surface area contributed by atoms with Crippen molar-refractivity contribution in [3.8, 4) is 0 Å². The maximum Gasteiger partial charge on any atom is 0.149 e. The molecule has 4 nitrogen and oxygen atoms in total. The highest BCUT2D eigenvalue weighted by atomic mass is 32.2. The molecule has 98 valence electrons. The van der Waals surface area contributed by atoms with E-state index < -0.39 is 9.84 Å². The average Bonchev–Trinajstić information content (AvgIpc) is 2.65. The maximum absolute atomic E-state index is 11.2. The van der Waals surface area contributed by atoms with Crippen LogP contribution in [0, 0.1) is 0 Å². The molecule has 0 spiro atoms. The molecule has 0 radical (unpaired) electrons. The third kappa shape index (κ3) is 2.91. The van der Waals surface area contributed by atoms with Crippen molar-refractivity contribution in [1.29, 1.82) is 0 Å². The Morgan fingerprint density at radius 3 is 2.67 bits per heavy atom.